The van der Waals surface area contributed by atoms with E-state index in [9.17, 15) is 19.2 Å². The summed E-state index contributed by atoms with van der Waals surface area (Å²) in [6.07, 6.45) is 6.03. The molecule has 0 bridgehead atoms. The second-order valence-corrected chi connectivity index (χ2v) is 11.5. The molecular formula is C35H39N5O4. The molecule has 0 saturated heterocycles. The molecule has 9 heteroatoms. The van der Waals surface area contributed by atoms with Crippen molar-refractivity contribution in [3.8, 4) is 0 Å². The maximum absolute atomic E-state index is 13.9. The Balaban J connectivity index is 1.39. The molecule has 44 heavy (non-hydrogen) atoms. The van der Waals surface area contributed by atoms with Crippen LogP contribution in [0.25, 0.3) is 10.9 Å². The number of fused-ring (bicyclic) bond motifs is 1. The fourth-order valence-corrected chi connectivity index (χ4v) is 5.88. The van der Waals surface area contributed by atoms with Crippen LogP contribution < -0.4 is 21.7 Å². The highest BCUT2D eigenvalue weighted by atomic mass is 16.2. The van der Waals surface area contributed by atoms with Crippen LogP contribution in [0, 0.1) is 5.92 Å². The maximum atomic E-state index is 13.9. The van der Waals surface area contributed by atoms with Gasteiger partial charge in [0.25, 0.3) is 0 Å². The largest absolute Gasteiger partial charge is 0.368 e. The van der Waals surface area contributed by atoms with E-state index in [0.717, 1.165) is 53.3 Å². The molecule has 3 aromatic carbocycles. The van der Waals surface area contributed by atoms with Crippen LogP contribution in [0.5, 0.6) is 0 Å². The lowest BCUT2D eigenvalue weighted by atomic mass is 10.00. The minimum atomic E-state index is -1.04. The monoisotopic (exact) mass is 593 g/mol. The average Bonchev–Trinajstić information content (AvgIpc) is 3.72. The molecular weight excluding hydrogens is 554 g/mol. The van der Waals surface area contributed by atoms with Gasteiger partial charge in [-0.15, -0.1) is 0 Å². The number of carbonyl (C=O) groups is 4. The topological polar surface area (TPSA) is 146 Å². The summed E-state index contributed by atoms with van der Waals surface area (Å²) in [5.41, 5.74) is 9.15. The number of carbonyl (C=O) groups excluding carboxylic acids is 4. The first kappa shape index (κ1) is 30.5. The van der Waals surface area contributed by atoms with E-state index in [0.29, 0.717) is 0 Å². The zero-order valence-electron chi connectivity index (χ0n) is 24.6. The Labute approximate surface area is 257 Å². The Kier molecular flexibility index (Phi) is 10.1. The van der Waals surface area contributed by atoms with Gasteiger partial charge in [0.05, 0.1) is 0 Å². The molecule has 1 heterocycles. The molecule has 9 nitrogen and oxygen atoms in total. The minimum Gasteiger partial charge on any atom is -0.368 e. The van der Waals surface area contributed by atoms with Gasteiger partial charge in [0.1, 0.15) is 18.1 Å². The number of nitrogens with one attached hydrogen (secondary N) is 4. The second-order valence-electron chi connectivity index (χ2n) is 11.5. The molecule has 4 aromatic rings. The normalized spacial score (nSPS) is 15.3. The number of aromatic nitrogens is 1. The number of para-hydroxylation sites is 1. The Morgan fingerprint density at radius 1 is 0.682 bits per heavy atom. The van der Waals surface area contributed by atoms with Crippen molar-refractivity contribution >= 4 is 34.5 Å². The number of amides is 4. The average molecular weight is 594 g/mol. The highest BCUT2D eigenvalue weighted by Crippen LogP contribution is 2.25. The van der Waals surface area contributed by atoms with Crippen LogP contribution >= 0.6 is 0 Å². The Bertz CT molecular complexity index is 1580. The Morgan fingerprint density at radius 3 is 1.82 bits per heavy atom. The molecule has 0 radical (unpaired) electrons. The molecule has 4 amide bonds. The molecule has 1 aliphatic carbocycles. The first-order valence-electron chi connectivity index (χ1n) is 15.2. The first-order chi connectivity index (χ1) is 21.4. The number of H-pyrrole nitrogens is 1. The standard InChI is InChI=1S/C35H39N5O4/c36-32(41)29(19-23-11-3-1-4-12-23)38-35(44)31(21-26-22-37-28-18-10-9-17-27(26)28)40-34(43)30(20-24-13-5-2-6-14-24)39-33(42)25-15-7-8-16-25/h1-6,9-14,17-18,22,25,29-31,37H,7-8,15-16,19-21H2,(H2,36,41)(H,38,44)(H,39,42)(H,40,43)/t29-,30-,31-/m0/s1. The van der Waals surface area contributed by atoms with E-state index in [2.05, 4.69) is 20.9 Å². The summed E-state index contributed by atoms with van der Waals surface area (Å²) >= 11 is 0. The third-order valence-corrected chi connectivity index (χ3v) is 8.32. The third-order valence-electron chi connectivity index (χ3n) is 8.32. The molecule has 0 unspecified atom stereocenters. The zero-order chi connectivity index (χ0) is 30.9. The number of benzene rings is 3. The van der Waals surface area contributed by atoms with Crippen molar-refractivity contribution in [3.63, 3.8) is 0 Å². The number of nitrogens with two attached hydrogens (primary N) is 1. The maximum Gasteiger partial charge on any atom is 0.243 e. The van der Waals surface area contributed by atoms with Gasteiger partial charge in [-0.2, -0.15) is 0 Å². The molecule has 0 aliphatic heterocycles. The molecule has 1 aliphatic rings. The number of primary amides is 1. The Morgan fingerprint density at radius 2 is 1.20 bits per heavy atom. The summed E-state index contributed by atoms with van der Waals surface area (Å²) in [7, 11) is 0. The number of hydrogen-bond acceptors (Lipinski definition) is 4. The van der Waals surface area contributed by atoms with Crippen molar-refractivity contribution in [1.82, 2.24) is 20.9 Å². The van der Waals surface area contributed by atoms with E-state index in [1.54, 1.807) is 0 Å². The highest BCUT2D eigenvalue weighted by Gasteiger charge is 2.32. The van der Waals surface area contributed by atoms with Gasteiger partial charge in [-0.1, -0.05) is 91.7 Å². The van der Waals surface area contributed by atoms with Gasteiger partial charge in [0, 0.05) is 42.3 Å². The minimum absolute atomic E-state index is 0.124. The lowest BCUT2D eigenvalue weighted by Gasteiger charge is -2.25. The van der Waals surface area contributed by atoms with Crippen molar-refractivity contribution in [3.05, 3.63) is 108 Å². The first-order valence-corrected chi connectivity index (χ1v) is 15.2. The number of aromatic amines is 1. The summed E-state index contributed by atoms with van der Waals surface area (Å²) in [6, 6.07) is 23.5. The zero-order valence-corrected chi connectivity index (χ0v) is 24.6. The van der Waals surface area contributed by atoms with E-state index in [-0.39, 0.29) is 31.1 Å². The van der Waals surface area contributed by atoms with E-state index >= 15 is 0 Å². The summed E-state index contributed by atoms with van der Waals surface area (Å²) in [5.74, 6) is -1.96. The summed E-state index contributed by atoms with van der Waals surface area (Å²) in [5, 5.41) is 9.58. The summed E-state index contributed by atoms with van der Waals surface area (Å²) in [6.45, 7) is 0. The lowest BCUT2D eigenvalue weighted by molar-refractivity contribution is -0.134. The van der Waals surface area contributed by atoms with Gasteiger partial charge in [0.2, 0.25) is 23.6 Å². The Hall–Kier alpha value is -4.92. The van der Waals surface area contributed by atoms with Crippen molar-refractivity contribution in [1.29, 1.82) is 0 Å². The van der Waals surface area contributed by atoms with Gasteiger partial charge in [-0.05, 0) is 35.6 Å². The van der Waals surface area contributed by atoms with E-state index in [4.69, 9.17) is 5.73 Å². The summed E-state index contributed by atoms with van der Waals surface area (Å²) < 4.78 is 0. The lowest BCUT2D eigenvalue weighted by Crippen LogP contribution is -2.58. The molecule has 6 N–H and O–H groups in total. The van der Waals surface area contributed by atoms with Crippen LogP contribution in [0.15, 0.2) is 91.1 Å². The van der Waals surface area contributed by atoms with E-state index in [1.807, 2.05) is 91.1 Å². The van der Waals surface area contributed by atoms with Crippen molar-refractivity contribution in [2.45, 2.75) is 63.1 Å². The van der Waals surface area contributed by atoms with Crippen LogP contribution in [0.3, 0.4) is 0 Å². The third kappa shape index (κ3) is 7.92. The van der Waals surface area contributed by atoms with Gasteiger partial charge >= 0.3 is 0 Å². The molecule has 1 fully saturated rings. The second kappa shape index (κ2) is 14.5. The molecule has 1 saturated carbocycles. The van der Waals surface area contributed by atoms with Crippen molar-refractivity contribution < 1.29 is 19.2 Å². The van der Waals surface area contributed by atoms with Crippen molar-refractivity contribution in [2.75, 3.05) is 0 Å². The van der Waals surface area contributed by atoms with Crippen LogP contribution in [0.1, 0.15) is 42.4 Å². The summed E-state index contributed by atoms with van der Waals surface area (Å²) in [4.78, 5) is 56.5. The van der Waals surface area contributed by atoms with E-state index < -0.39 is 35.8 Å². The molecule has 3 atom stereocenters. The molecule has 5 rings (SSSR count). The number of rotatable bonds is 13. The number of hydrogen-bond donors (Lipinski definition) is 5. The van der Waals surface area contributed by atoms with Crippen LogP contribution in [-0.2, 0) is 38.4 Å². The van der Waals surface area contributed by atoms with Gasteiger partial charge in [-0.25, -0.2) is 0 Å². The van der Waals surface area contributed by atoms with E-state index in [1.165, 1.54) is 0 Å². The molecule has 0 spiro atoms. The predicted octanol–water partition coefficient (Wildman–Crippen LogP) is 3.33. The van der Waals surface area contributed by atoms with Crippen LogP contribution in [0.4, 0.5) is 0 Å². The predicted molar refractivity (Wildman–Crippen MR) is 169 cm³/mol. The molecule has 228 valence electrons. The van der Waals surface area contributed by atoms with Crippen LogP contribution in [0.2, 0.25) is 0 Å². The fraction of sp³-hybridized carbons (Fsp3) is 0.314. The highest BCUT2D eigenvalue weighted by molar-refractivity contribution is 5.95. The van der Waals surface area contributed by atoms with Gasteiger partial charge < -0.3 is 26.7 Å². The smallest absolute Gasteiger partial charge is 0.243 e. The van der Waals surface area contributed by atoms with Crippen molar-refractivity contribution in [2.24, 2.45) is 11.7 Å². The van der Waals surface area contributed by atoms with Crippen LogP contribution in [-0.4, -0.2) is 46.7 Å². The SMILES string of the molecule is NC(=O)[C@H](Cc1ccccc1)NC(=O)[C@H](Cc1c[nH]c2ccccc12)NC(=O)[C@H](Cc1ccccc1)NC(=O)C1CCCC1. The van der Waals surface area contributed by atoms with Gasteiger partial charge in [0.15, 0.2) is 0 Å². The fourth-order valence-electron chi connectivity index (χ4n) is 5.88. The quantitative estimate of drug-likeness (QED) is 0.162. The molecule has 1 aromatic heterocycles. The van der Waals surface area contributed by atoms with Gasteiger partial charge in [-0.3, -0.25) is 19.2 Å².